The van der Waals surface area contributed by atoms with Crippen molar-refractivity contribution in [3.63, 3.8) is 0 Å². The Kier molecular flexibility index (Phi) is 7.24. The maximum atomic E-state index is 12.2. The quantitative estimate of drug-likeness (QED) is 0.378. The summed E-state index contributed by atoms with van der Waals surface area (Å²) in [5.74, 6) is 0.882. The molecule has 0 spiro atoms. The number of benzene rings is 2. The third kappa shape index (κ3) is 6.36. The van der Waals surface area contributed by atoms with E-state index in [4.69, 9.17) is 14.2 Å². The van der Waals surface area contributed by atoms with Gasteiger partial charge in [0.05, 0.1) is 0 Å². The number of hydrogen-bond donors (Lipinski definition) is 0. The first-order valence-electron chi connectivity index (χ1n) is 9.07. The predicted molar refractivity (Wildman–Crippen MR) is 110 cm³/mol. The molecular weight excluding hydrogens is 390 g/mol. The number of carbonyl (C=O) groups is 2. The minimum Gasteiger partial charge on any atom is -0.425 e. The van der Waals surface area contributed by atoms with Crippen molar-refractivity contribution in [2.75, 3.05) is 13.6 Å². The number of nitrogens with zero attached hydrogens (tertiary/aromatic N) is 1. The van der Waals surface area contributed by atoms with E-state index in [2.05, 4.69) is 0 Å². The first-order valence-corrected chi connectivity index (χ1v) is 9.94. The average Bonchev–Trinajstić information content (AvgIpc) is 3.27. The number of ether oxygens (including phenoxy) is 3. The number of carbonyl (C=O) groups excluding carboxylic acids is 2. The summed E-state index contributed by atoms with van der Waals surface area (Å²) in [5.41, 5.74) is 0. The second kappa shape index (κ2) is 10.3. The van der Waals surface area contributed by atoms with Crippen molar-refractivity contribution in [2.24, 2.45) is 0 Å². The minimum absolute atomic E-state index is 0.340. The van der Waals surface area contributed by atoms with Crippen LogP contribution in [0.1, 0.15) is 17.4 Å². The lowest BCUT2D eigenvalue weighted by Gasteiger charge is -2.21. The fourth-order valence-electron chi connectivity index (χ4n) is 2.53. The molecule has 3 rings (SSSR count). The molecule has 1 atom stereocenters. The van der Waals surface area contributed by atoms with Gasteiger partial charge in [0.15, 0.2) is 0 Å². The topological polar surface area (TPSA) is 65.1 Å². The molecule has 0 aliphatic rings. The van der Waals surface area contributed by atoms with Crippen LogP contribution in [0, 0.1) is 0 Å². The van der Waals surface area contributed by atoms with Crippen molar-refractivity contribution >= 4 is 23.6 Å². The first kappa shape index (κ1) is 20.4. The van der Waals surface area contributed by atoms with Gasteiger partial charge in [-0.15, -0.1) is 11.3 Å². The molecule has 7 heteroatoms. The van der Waals surface area contributed by atoms with Gasteiger partial charge in [-0.1, -0.05) is 42.5 Å². The molecule has 1 heterocycles. The number of amides is 1. The zero-order valence-electron chi connectivity index (χ0n) is 15.9. The summed E-state index contributed by atoms with van der Waals surface area (Å²) in [7, 11) is 1.64. The highest BCUT2D eigenvalue weighted by molar-refractivity contribution is 7.10. The van der Waals surface area contributed by atoms with Crippen LogP contribution in [0.15, 0.2) is 78.2 Å². The SMILES string of the molecule is CN(CCC(OC(=O)Oc1ccccc1)c1cccs1)C(=O)Oc1ccccc1. The van der Waals surface area contributed by atoms with E-state index in [0.29, 0.717) is 24.5 Å². The Balaban J connectivity index is 1.56. The molecule has 1 aromatic heterocycles. The Bertz CT molecular complexity index is 899. The molecule has 0 radical (unpaired) electrons. The maximum absolute atomic E-state index is 12.2. The van der Waals surface area contributed by atoms with Crippen LogP contribution in [0.4, 0.5) is 9.59 Å². The van der Waals surface area contributed by atoms with Crippen LogP contribution in [0.5, 0.6) is 11.5 Å². The molecule has 150 valence electrons. The van der Waals surface area contributed by atoms with Crippen LogP contribution in [-0.2, 0) is 4.74 Å². The lowest BCUT2D eigenvalue weighted by Crippen LogP contribution is -2.31. The molecule has 29 heavy (non-hydrogen) atoms. The summed E-state index contributed by atoms with van der Waals surface area (Å²) in [5, 5.41) is 1.90. The van der Waals surface area contributed by atoms with Crippen LogP contribution >= 0.6 is 11.3 Å². The molecule has 1 amide bonds. The Morgan fingerprint density at radius 1 is 0.897 bits per heavy atom. The molecule has 0 fully saturated rings. The normalized spacial score (nSPS) is 11.3. The van der Waals surface area contributed by atoms with Crippen molar-refractivity contribution in [1.82, 2.24) is 4.90 Å². The van der Waals surface area contributed by atoms with Gasteiger partial charge in [0, 0.05) is 24.9 Å². The van der Waals surface area contributed by atoms with Crippen molar-refractivity contribution in [3.05, 3.63) is 83.1 Å². The third-order valence-electron chi connectivity index (χ3n) is 4.03. The van der Waals surface area contributed by atoms with E-state index >= 15 is 0 Å². The summed E-state index contributed by atoms with van der Waals surface area (Å²) in [6, 6.07) is 21.3. The minimum atomic E-state index is -0.788. The van der Waals surface area contributed by atoms with E-state index in [0.717, 1.165) is 4.88 Å². The highest BCUT2D eigenvalue weighted by atomic mass is 32.1. The lowest BCUT2D eigenvalue weighted by atomic mass is 10.2. The van der Waals surface area contributed by atoms with Gasteiger partial charge in [0.25, 0.3) is 0 Å². The van der Waals surface area contributed by atoms with Crippen molar-refractivity contribution in [1.29, 1.82) is 0 Å². The summed E-state index contributed by atoms with van der Waals surface area (Å²) < 4.78 is 16.0. The molecule has 6 nitrogen and oxygen atoms in total. The fraction of sp³-hybridized carbons (Fsp3) is 0.182. The molecule has 0 aliphatic carbocycles. The van der Waals surface area contributed by atoms with Crippen LogP contribution in [0.25, 0.3) is 0 Å². The fourth-order valence-corrected chi connectivity index (χ4v) is 3.32. The largest absolute Gasteiger partial charge is 0.514 e. The van der Waals surface area contributed by atoms with E-state index in [1.165, 1.54) is 16.2 Å². The smallest absolute Gasteiger partial charge is 0.425 e. The second-order valence-electron chi connectivity index (χ2n) is 6.18. The Hall–Kier alpha value is -3.32. The van der Waals surface area contributed by atoms with Gasteiger partial charge in [0.1, 0.15) is 17.6 Å². The second-order valence-corrected chi connectivity index (χ2v) is 7.16. The van der Waals surface area contributed by atoms with E-state index in [9.17, 15) is 9.59 Å². The molecule has 0 saturated carbocycles. The summed E-state index contributed by atoms with van der Waals surface area (Å²) in [6.45, 7) is 0.340. The highest BCUT2D eigenvalue weighted by Gasteiger charge is 2.21. The van der Waals surface area contributed by atoms with Gasteiger partial charge in [0.2, 0.25) is 0 Å². The van der Waals surface area contributed by atoms with Gasteiger partial charge in [-0.05, 0) is 35.7 Å². The Morgan fingerprint density at radius 3 is 2.10 bits per heavy atom. The molecule has 0 aliphatic heterocycles. The lowest BCUT2D eigenvalue weighted by molar-refractivity contribution is 0.0519. The molecule has 2 aromatic carbocycles. The summed E-state index contributed by atoms with van der Waals surface area (Å²) in [6.07, 6.45) is -1.39. The van der Waals surface area contributed by atoms with Crippen LogP contribution in [-0.4, -0.2) is 30.7 Å². The maximum Gasteiger partial charge on any atom is 0.514 e. The van der Waals surface area contributed by atoms with Gasteiger partial charge in [-0.3, -0.25) is 0 Å². The highest BCUT2D eigenvalue weighted by Crippen LogP contribution is 2.27. The van der Waals surface area contributed by atoms with E-state index in [1.54, 1.807) is 55.6 Å². The van der Waals surface area contributed by atoms with Gasteiger partial charge in [-0.25, -0.2) is 9.59 Å². The number of para-hydroxylation sites is 2. The molecule has 0 N–H and O–H groups in total. The number of thiophene rings is 1. The molecule has 0 bridgehead atoms. The van der Waals surface area contributed by atoms with E-state index in [-0.39, 0.29) is 0 Å². The average molecular weight is 411 g/mol. The van der Waals surface area contributed by atoms with E-state index < -0.39 is 18.4 Å². The van der Waals surface area contributed by atoms with Crippen molar-refractivity contribution in [3.8, 4) is 11.5 Å². The summed E-state index contributed by atoms with van der Waals surface area (Å²) >= 11 is 1.47. The predicted octanol–water partition coefficient (Wildman–Crippen LogP) is 5.53. The Labute approximate surface area is 173 Å². The van der Waals surface area contributed by atoms with Crippen LogP contribution < -0.4 is 9.47 Å². The first-order chi connectivity index (χ1) is 14.1. The van der Waals surface area contributed by atoms with Gasteiger partial charge >= 0.3 is 12.2 Å². The standard InChI is InChI=1S/C22H21NO5S/c1-23(21(24)26-17-9-4-2-5-10-17)15-14-19(20-13-8-16-29-20)28-22(25)27-18-11-6-3-7-12-18/h2-13,16,19H,14-15H2,1H3. The van der Waals surface area contributed by atoms with Crippen molar-refractivity contribution < 1.29 is 23.8 Å². The zero-order chi connectivity index (χ0) is 20.5. The Morgan fingerprint density at radius 2 is 1.52 bits per heavy atom. The summed E-state index contributed by atoms with van der Waals surface area (Å²) in [4.78, 5) is 26.8. The monoisotopic (exact) mass is 411 g/mol. The molecule has 1 unspecified atom stereocenters. The van der Waals surface area contributed by atoms with Gasteiger partial charge in [-0.2, -0.15) is 0 Å². The molecule has 3 aromatic rings. The van der Waals surface area contributed by atoms with E-state index in [1.807, 2.05) is 29.6 Å². The van der Waals surface area contributed by atoms with Crippen LogP contribution in [0.3, 0.4) is 0 Å². The van der Waals surface area contributed by atoms with Gasteiger partial charge < -0.3 is 19.1 Å². The van der Waals surface area contributed by atoms with Crippen LogP contribution in [0.2, 0.25) is 0 Å². The molecular formula is C22H21NO5S. The molecule has 0 saturated heterocycles. The zero-order valence-corrected chi connectivity index (χ0v) is 16.7. The number of rotatable bonds is 7. The number of hydrogen-bond acceptors (Lipinski definition) is 6. The van der Waals surface area contributed by atoms with Crippen molar-refractivity contribution in [2.45, 2.75) is 12.5 Å². The third-order valence-corrected chi connectivity index (χ3v) is 4.99.